The van der Waals surface area contributed by atoms with Gasteiger partial charge in [-0.1, -0.05) is 48.5 Å². The number of nitrogens with one attached hydrogen (secondary N) is 1. The van der Waals surface area contributed by atoms with E-state index in [2.05, 4.69) is 15.3 Å². The summed E-state index contributed by atoms with van der Waals surface area (Å²) in [5, 5.41) is 2.77. The average molecular weight is 489 g/mol. The number of carbonyl (C=O) groups excluding carboxylic acids is 1. The normalized spacial score (nSPS) is 17.8. The molecule has 2 aromatic carbocycles. The number of pyridine rings is 1. The lowest BCUT2D eigenvalue weighted by molar-refractivity contribution is -0.117. The Morgan fingerprint density at radius 1 is 1.03 bits per heavy atom. The Hall–Kier alpha value is -4.20. The fraction of sp³-hybridized carbons (Fsp3) is 0.179. The predicted octanol–water partition coefficient (Wildman–Crippen LogP) is 5.77. The first kappa shape index (κ1) is 23.5. The molecular formula is C28H23F3N4O. The number of carbonyl (C=O) groups is 1. The van der Waals surface area contributed by atoms with Gasteiger partial charge in [-0.15, -0.1) is 0 Å². The highest BCUT2D eigenvalue weighted by Gasteiger charge is 2.35. The quantitative estimate of drug-likeness (QED) is 0.479. The van der Waals surface area contributed by atoms with Crippen molar-refractivity contribution in [3.8, 4) is 0 Å². The largest absolute Gasteiger partial charge is 0.345 e. The van der Waals surface area contributed by atoms with Gasteiger partial charge in [0.15, 0.2) is 0 Å². The monoisotopic (exact) mass is 488 g/mol. The number of hydrogen-bond acceptors (Lipinski definition) is 4. The van der Waals surface area contributed by atoms with Gasteiger partial charge in [0.2, 0.25) is 0 Å². The van der Waals surface area contributed by atoms with E-state index in [0.29, 0.717) is 18.0 Å². The predicted molar refractivity (Wildman–Crippen MR) is 132 cm³/mol. The van der Waals surface area contributed by atoms with Crippen molar-refractivity contribution in [1.82, 2.24) is 15.2 Å². The van der Waals surface area contributed by atoms with Crippen molar-refractivity contribution in [1.29, 1.82) is 0 Å². The van der Waals surface area contributed by atoms with Gasteiger partial charge in [-0.2, -0.15) is 0 Å². The Labute approximate surface area is 206 Å². The Morgan fingerprint density at radius 3 is 2.47 bits per heavy atom. The van der Waals surface area contributed by atoms with Crippen molar-refractivity contribution >= 4 is 17.3 Å². The van der Waals surface area contributed by atoms with E-state index in [9.17, 15) is 18.0 Å². The third kappa shape index (κ3) is 4.42. The Morgan fingerprint density at radius 2 is 1.75 bits per heavy atom. The molecule has 0 saturated carbocycles. The summed E-state index contributed by atoms with van der Waals surface area (Å²) in [6, 6.07) is 16.5. The number of aliphatic imine (C=N–C) groups is 1. The second-order valence-corrected chi connectivity index (χ2v) is 8.62. The molecule has 3 heterocycles. The van der Waals surface area contributed by atoms with Gasteiger partial charge in [0.1, 0.15) is 11.7 Å². The molecule has 0 saturated heterocycles. The third-order valence-corrected chi connectivity index (χ3v) is 6.36. The summed E-state index contributed by atoms with van der Waals surface area (Å²) in [5.74, 6) is -0.978. The molecule has 36 heavy (non-hydrogen) atoms. The number of fused-ring (bicyclic) bond motifs is 1. The van der Waals surface area contributed by atoms with Gasteiger partial charge in [0, 0.05) is 24.2 Å². The summed E-state index contributed by atoms with van der Waals surface area (Å²) >= 11 is 0. The van der Waals surface area contributed by atoms with E-state index >= 15 is 0 Å². The van der Waals surface area contributed by atoms with Crippen molar-refractivity contribution in [2.24, 2.45) is 4.99 Å². The van der Waals surface area contributed by atoms with Crippen molar-refractivity contribution in [3.63, 3.8) is 0 Å². The fourth-order valence-electron chi connectivity index (χ4n) is 4.51. The number of benzene rings is 2. The molecule has 0 bridgehead atoms. The number of allylic oxidation sites excluding steroid dienone is 2. The number of amidine groups is 1. The average Bonchev–Trinajstić information content (AvgIpc) is 3.33. The molecule has 0 spiro atoms. The molecule has 2 aliphatic rings. The first-order valence-electron chi connectivity index (χ1n) is 11.5. The maximum absolute atomic E-state index is 14.7. The highest BCUT2D eigenvalue weighted by Crippen LogP contribution is 2.35. The lowest BCUT2D eigenvalue weighted by Gasteiger charge is -2.30. The minimum atomic E-state index is -2.95. The molecule has 0 unspecified atom stereocenters. The van der Waals surface area contributed by atoms with Gasteiger partial charge in [-0.05, 0) is 41.8 Å². The molecule has 182 valence electrons. The molecule has 5 nitrogen and oxygen atoms in total. The minimum absolute atomic E-state index is 0.00478. The van der Waals surface area contributed by atoms with E-state index in [1.165, 1.54) is 12.1 Å². The molecule has 5 rings (SSSR count). The molecular weight excluding hydrogens is 465 g/mol. The summed E-state index contributed by atoms with van der Waals surface area (Å²) in [6.07, 6.45) is 4.11. The molecule has 1 aromatic heterocycles. The van der Waals surface area contributed by atoms with E-state index in [1.807, 2.05) is 53.6 Å². The Kier molecular flexibility index (Phi) is 6.41. The fourth-order valence-corrected chi connectivity index (χ4v) is 4.51. The maximum atomic E-state index is 14.7. The van der Waals surface area contributed by atoms with E-state index < -0.39 is 29.8 Å². The van der Waals surface area contributed by atoms with E-state index in [0.717, 1.165) is 22.8 Å². The van der Waals surface area contributed by atoms with Crippen LogP contribution in [-0.2, 0) is 4.79 Å². The standard InChI is InChI=1S/C28H23F3N4O/c1-17(21-8-5-9-22(25(21)29)26(30)31)34-28(36)23-14-20(18-10-12-32-13-11-18)16-35-24(15-33-27(23)35)19-6-3-2-4-7-19/h2-14,16-17,24,26H,15H2,1H3,(H,34,36)/t17-,24-/m1/s1. The van der Waals surface area contributed by atoms with Gasteiger partial charge < -0.3 is 10.2 Å². The summed E-state index contributed by atoms with van der Waals surface area (Å²) in [4.78, 5) is 24.2. The first-order chi connectivity index (χ1) is 17.4. The van der Waals surface area contributed by atoms with E-state index in [1.54, 1.807) is 25.4 Å². The topological polar surface area (TPSA) is 57.6 Å². The number of alkyl halides is 2. The molecule has 1 N–H and O–H groups in total. The Bertz CT molecular complexity index is 1370. The lowest BCUT2D eigenvalue weighted by atomic mass is 9.97. The number of halogens is 3. The maximum Gasteiger partial charge on any atom is 0.266 e. The molecule has 1 amide bonds. The van der Waals surface area contributed by atoms with Gasteiger partial charge in [0.05, 0.1) is 29.8 Å². The second-order valence-electron chi connectivity index (χ2n) is 8.62. The zero-order valence-electron chi connectivity index (χ0n) is 19.4. The van der Waals surface area contributed by atoms with Crippen LogP contribution in [0.2, 0.25) is 0 Å². The highest BCUT2D eigenvalue weighted by molar-refractivity contribution is 6.24. The van der Waals surface area contributed by atoms with Crippen LogP contribution in [0.1, 0.15) is 47.7 Å². The second kappa shape index (κ2) is 9.81. The lowest BCUT2D eigenvalue weighted by Crippen LogP contribution is -2.37. The minimum Gasteiger partial charge on any atom is -0.345 e. The number of amides is 1. The van der Waals surface area contributed by atoms with Crippen LogP contribution < -0.4 is 5.32 Å². The molecule has 8 heteroatoms. The first-order valence-corrected chi connectivity index (χ1v) is 11.5. The Balaban J connectivity index is 1.48. The summed E-state index contributed by atoms with van der Waals surface area (Å²) in [6.45, 7) is 2.03. The van der Waals surface area contributed by atoms with E-state index in [-0.39, 0.29) is 11.6 Å². The third-order valence-electron chi connectivity index (χ3n) is 6.36. The smallest absolute Gasteiger partial charge is 0.266 e. The number of hydrogen-bond donors (Lipinski definition) is 1. The van der Waals surface area contributed by atoms with Gasteiger partial charge in [0.25, 0.3) is 12.3 Å². The molecule has 0 fully saturated rings. The van der Waals surface area contributed by atoms with Crippen LogP contribution in [0.15, 0.2) is 95.9 Å². The SMILES string of the molecule is C[C@@H](NC(=O)C1=CC(c2ccncc2)=CN2C1=NC[C@@H]2c1ccccc1)c1cccc(C(F)F)c1F. The van der Waals surface area contributed by atoms with Crippen LogP contribution in [0.4, 0.5) is 13.2 Å². The molecule has 0 radical (unpaired) electrons. The van der Waals surface area contributed by atoms with Crippen LogP contribution >= 0.6 is 0 Å². The van der Waals surface area contributed by atoms with Crippen molar-refractivity contribution in [3.05, 3.63) is 119 Å². The van der Waals surface area contributed by atoms with Crippen LogP contribution in [-0.4, -0.2) is 28.2 Å². The van der Waals surface area contributed by atoms with Gasteiger partial charge >= 0.3 is 0 Å². The molecule has 3 aromatic rings. The summed E-state index contributed by atoms with van der Waals surface area (Å²) < 4.78 is 41.1. The van der Waals surface area contributed by atoms with Crippen LogP contribution in [0.3, 0.4) is 0 Å². The molecule has 0 aliphatic carbocycles. The van der Waals surface area contributed by atoms with Crippen LogP contribution in [0, 0.1) is 5.82 Å². The molecule has 2 aliphatic heterocycles. The van der Waals surface area contributed by atoms with Gasteiger partial charge in [-0.25, -0.2) is 13.2 Å². The summed E-state index contributed by atoms with van der Waals surface area (Å²) in [7, 11) is 0. The van der Waals surface area contributed by atoms with Gasteiger partial charge in [-0.3, -0.25) is 14.8 Å². The number of nitrogens with zero attached hydrogens (tertiary/aromatic N) is 3. The van der Waals surface area contributed by atoms with Crippen LogP contribution in [0.25, 0.3) is 5.57 Å². The number of aromatic nitrogens is 1. The molecule has 2 atom stereocenters. The van der Waals surface area contributed by atoms with Crippen LogP contribution in [0.5, 0.6) is 0 Å². The summed E-state index contributed by atoms with van der Waals surface area (Å²) in [5.41, 5.74) is 2.35. The van der Waals surface area contributed by atoms with E-state index in [4.69, 9.17) is 0 Å². The zero-order valence-corrected chi connectivity index (χ0v) is 19.4. The van der Waals surface area contributed by atoms with Crippen molar-refractivity contribution in [2.75, 3.05) is 6.54 Å². The highest BCUT2D eigenvalue weighted by atomic mass is 19.3. The van der Waals surface area contributed by atoms with Crippen molar-refractivity contribution < 1.29 is 18.0 Å². The van der Waals surface area contributed by atoms with Crippen molar-refractivity contribution in [2.45, 2.75) is 25.4 Å². The zero-order chi connectivity index (χ0) is 25.2. The number of rotatable bonds is 6.